The van der Waals surface area contributed by atoms with Crippen molar-refractivity contribution >= 4 is 39.2 Å². The van der Waals surface area contributed by atoms with Crippen LogP contribution < -0.4 is 5.56 Å². The highest BCUT2D eigenvalue weighted by molar-refractivity contribution is 7.91. The van der Waals surface area contributed by atoms with Crippen molar-refractivity contribution in [2.75, 3.05) is 11.5 Å². The Bertz CT molecular complexity index is 1330. The molecule has 1 atom stereocenters. The van der Waals surface area contributed by atoms with Gasteiger partial charge in [-0.1, -0.05) is 12.1 Å². The molecule has 146 valence electrons. The molecule has 0 spiro atoms. The van der Waals surface area contributed by atoms with Gasteiger partial charge in [-0.25, -0.2) is 8.42 Å². The number of nitrogens with zero attached hydrogens (tertiary/aromatic N) is 4. The quantitative estimate of drug-likeness (QED) is 0.519. The van der Waals surface area contributed by atoms with Crippen molar-refractivity contribution in [2.45, 2.75) is 26.3 Å². The van der Waals surface area contributed by atoms with Gasteiger partial charge in [-0.05, 0) is 44.6 Å². The van der Waals surface area contributed by atoms with Crippen LogP contribution in [0.15, 0.2) is 34.2 Å². The first kappa shape index (κ1) is 18.8. The van der Waals surface area contributed by atoms with Gasteiger partial charge in [0.1, 0.15) is 0 Å². The molecule has 28 heavy (non-hydrogen) atoms. The van der Waals surface area contributed by atoms with Crippen molar-refractivity contribution in [3.05, 3.63) is 56.3 Å². The number of para-hydroxylation sites is 1. The molecule has 1 saturated heterocycles. The Hall–Kier alpha value is -2.59. The number of rotatable bonds is 3. The number of nitrogens with one attached hydrogen (secondary N) is 1. The molecule has 2 aromatic heterocycles. The third-order valence-electron chi connectivity index (χ3n) is 5.02. The first-order valence-electron chi connectivity index (χ1n) is 8.81. The van der Waals surface area contributed by atoms with Crippen molar-refractivity contribution < 1.29 is 8.42 Å². The summed E-state index contributed by atoms with van der Waals surface area (Å²) in [5, 5.41) is 9.29. The molecular weight excluding hydrogens is 398 g/mol. The van der Waals surface area contributed by atoms with Gasteiger partial charge in [-0.15, -0.1) is 0 Å². The van der Waals surface area contributed by atoms with Crippen molar-refractivity contribution in [3.8, 4) is 0 Å². The molecule has 0 radical (unpaired) electrons. The fourth-order valence-corrected chi connectivity index (χ4v) is 5.49. The first-order valence-corrected chi connectivity index (χ1v) is 11.0. The average molecular weight is 418 g/mol. The third-order valence-corrected chi connectivity index (χ3v) is 7.05. The highest BCUT2D eigenvalue weighted by atomic mass is 32.2. The van der Waals surface area contributed by atoms with E-state index in [0.29, 0.717) is 23.0 Å². The van der Waals surface area contributed by atoms with Gasteiger partial charge >= 0.3 is 0 Å². The summed E-state index contributed by atoms with van der Waals surface area (Å²) >= 11 is 5.27. The molecule has 0 saturated carbocycles. The highest BCUT2D eigenvalue weighted by Crippen LogP contribution is 2.26. The van der Waals surface area contributed by atoms with Gasteiger partial charge in [0.05, 0.1) is 40.4 Å². The second-order valence-corrected chi connectivity index (χ2v) is 9.54. The van der Waals surface area contributed by atoms with Crippen LogP contribution in [0.4, 0.5) is 0 Å². The maximum Gasteiger partial charge on any atom is 0.282 e. The summed E-state index contributed by atoms with van der Waals surface area (Å²) in [4.78, 5) is 15.7. The molecule has 0 unspecified atom stereocenters. The number of hydrogen-bond acceptors (Lipinski definition) is 6. The van der Waals surface area contributed by atoms with Crippen molar-refractivity contribution in [1.29, 1.82) is 0 Å². The number of H-pyrrole nitrogens is 1. The molecule has 1 aliphatic rings. The Morgan fingerprint density at radius 3 is 2.79 bits per heavy atom. The molecule has 4 rings (SSSR count). The molecule has 1 aromatic carbocycles. The van der Waals surface area contributed by atoms with E-state index in [4.69, 9.17) is 12.2 Å². The van der Waals surface area contributed by atoms with Gasteiger partial charge in [0.2, 0.25) is 4.77 Å². The highest BCUT2D eigenvalue weighted by Gasteiger charge is 2.31. The van der Waals surface area contributed by atoms with Crippen LogP contribution in [0.1, 0.15) is 29.4 Å². The monoisotopic (exact) mass is 417 g/mol. The minimum Gasteiger partial charge on any atom is -0.330 e. The molecule has 1 N–H and O–H groups in total. The summed E-state index contributed by atoms with van der Waals surface area (Å²) in [7, 11) is -3.01. The normalized spacial score (nSPS) is 19.0. The zero-order valence-electron chi connectivity index (χ0n) is 15.4. The van der Waals surface area contributed by atoms with Crippen LogP contribution in [0.5, 0.6) is 0 Å². The van der Waals surface area contributed by atoms with Gasteiger partial charge in [0.25, 0.3) is 5.56 Å². The van der Waals surface area contributed by atoms with Crippen molar-refractivity contribution in [2.24, 2.45) is 5.10 Å². The summed E-state index contributed by atoms with van der Waals surface area (Å²) in [6.45, 7) is 3.70. The number of fused-ring (bicyclic) bond motifs is 1. The van der Waals surface area contributed by atoms with Crippen LogP contribution in [0.3, 0.4) is 0 Å². The lowest BCUT2D eigenvalue weighted by atomic mass is 10.2. The van der Waals surface area contributed by atoms with Crippen LogP contribution in [-0.4, -0.2) is 45.6 Å². The van der Waals surface area contributed by atoms with Crippen LogP contribution in [0.25, 0.3) is 10.9 Å². The Labute approximate surface area is 166 Å². The zero-order chi connectivity index (χ0) is 20.1. The standard InChI is InChI=1S/C18H19N5O3S2/c1-11-15(12(2)22(21-11)13-7-8-28(25,26)10-13)9-19-23-17(24)14-5-3-4-6-16(14)20-18(23)27/h3-6,9,13H,7-8,10H2,1-2H3,(H,20,27)/t13-/m0/s1. The minimum atomic E-state index is -3.01. The third kappa shape index (κ3) is 3.22. The molecular formula is C18H19N5O3S2. The van der Waals surface area contributed by atoms with E-state index in [0.717, 1.165) is 15.9 Å². The Balaban J connectivity index is 1.75. The summed E-state index contributed by atoms with van der Waals surface area (Å²) < 4.78 is 26.7. The fourth-order valence-electron chi connectivity index (χ4n) is 3.56. The number of aromatic nitrogens is 4. The molecule has 3 aromatic rings. The number of hydrogen-bond donors (Lipinski definition) is 1. The molecule has 10 heteroatoms. The summed E-state index contributed by atoms with van der Waals surface area (Å²) in [6, 6.07) is 6.93. The maximum absolute atomic E-state index is 12.7. The van der Waals surface area contributed by atoms with E-state index in [1.165, 1.54) is 0 Å². The van der Waals surface area contributed by atoms with E-state index in [1.807, 2.05) is 19.9 Å². The van der Waals surface area contributed by atoms with E-state index in [1.54, 1.807) is 29.1 Å². The summed E-state index contributed by atoms with van der Waals surface area (Å²) in [6.07, 6.45) is 2.10. The second kappa shape index (κ2) is 6.78. The second-order valence-electron chi connectivity index (χ2n) is 6.92. The van der Waals surface area contributed by atoms with Crippen LogP contribution >= 0.6 is 12.2 Å². The Morgan fingerprint density at radius 2 is 2.07 bits per heavy atom. The first-order chi connectivity index (χ1) is 13.3. The molecule has 1 fully saturated rings. The summed E-state index contributed by atoms with van der Waals surface area (Å²) in [5.41, 5.74) is 2.63. The van der Waals surface area contributed by atoms with Gasteiger partial charge < -0.3 is 4.98 Å². The smallest absolute Gasteiger partial charge is 0.282 e. The lowest BCUT2D eigenvalue weighted by molar-refractivity contribution is 0.486. The SMILES string of the molecule is Cc1nn([C@H]2CCS(=O)(=O)C2)c(C)c1C=Nn1c(=S)[nH]c2ccccc2c1=O. The Kier molecular flexibility index (Phi) is 4.54. The molecule has 0 aliphatic carbocycles. The van der Waals surface area contributed by atoms with Gasteiger partial charge in [-0.3, -0.25) is 9.48 Å². The molecule has 1 aliphatic heterocycles. The summed E-state index contributed by atoms with van der Waals surface area (Å²) in [5.74, 6) is 0.280. The zero-order valence-corrected chi connectivity index (χ0v) is 17.0. The van der Waals surface area contributed by atoms with Crippen LogP contribution in [0, 0.1) is 18.6 Å². The number of sulfone groups is 1. The van der Waals surface area contributed by atoms with Crippen molar-refractivity contribution in [1.82, 2.24) is 19.4 Å². The molecule has 0 bridgehead atoms. The lowest BCUT2D eigenvalue weighted by Crippen LogP contribution is -2.18. The number of benzene rings is 1. The van der Waals surface area contributed by atoms with Crippen molar-refractivity contribution in [3.63, 3.8) is 0 Å². The minimum absolute atomic E-state index is 0.0982. The Morgan fingerprint density at radius 1 is 1.32 bits per heavy atom. The van der Waals surface area contributed by atoms with Crippen LogP contribution in [-0.2, 0) is 9.84 Å². The number of aryl methyl sites for hydroxylation is 1. The lowest BCUT2D eigenvalue weighted by Gasteiger charge is -2.10. The van der Waals surface area contributed by atoms with E-state index < -0.39 is 9.84 Å². The van der Waals surface area contributed by atoms with E-state index in [2.05, 4.69) is 15.2 Å². The van der Waals surface area contributed by atoms with E-state index in [9.17, 15) is 13.2 Å². The molecule has 8 nitrogen and oxygen atoms in total. The molecule has 3 heterocycles. The molecule has 0 amide bonds. The average Bonchev–Trinajstić information content (AvgIpc) is 3.14. The van der Waals surface area contributed by atoms with Gasteiger partial charge in [0.15, 0.2) is 9.84 Å². The van der Waals surface area contributed by atoms with Crippen LogP contribution in [0.2, 0.25) is 0 Å². The van der Waals surface area contributed by atoms with Gasteiger partial charge in [0, 0.05) is 11.3 Å². The fraction of sp³-hybridized carbons (Fsp3) is 0.333. The van der Waals surface area contributed by atoms with E-state index in [-0.39, 0.29) is 27.9 Å². The topological polar surface area (TPSA) is 102 Å². The predicted octanol–water partition coefficient (Wildman–Crippen LogP) is 2.11. The predicted molar refractivity (Wildman–Crippen MR) is 110 cm³/mol. The van der Waals surface area contributed by atoms with Gasteiger partial charge in [-0.2, -0.15) is 14.9 Å². The van der Waals surface area contributed by atoms with E-state index >= 15 is 0 Å². The maximum atomic E-state index is 12.7. The number of aromatic amines is 1. The largest absolute Gasteiger partial charge is 0.330 e.